The lowest BCUT2D eigenvalue weighted by molar-refractivity contribution is -0.142. The van der Waals surface area contributed by atoms with Crippen molar-refractivity contribution in [1.29, 1.82) is 0 Å². The normalized spacial score (nSPS) is 28.0. The van der Waals surface area contributed by atoms with Crippen LogP contribution in [-0.4, -0.2) is 21.2 Å². The molecule has 2 aliphatic heterocycles. The van der Waals surface area contributed by atoms with Crippen molar-refractivity contribution in [2.24, 2.45) is 11.8 Å². The van der Waals surface area contributed by atoms with Crippen LogP contribution >= 0.6 is 0 Å². The Labute approximate surface area is 125 Å². The Morgan fingerprint density at radius 1 is 1.29 bits per heavy atom. The quantitative estimate of drug-likeness (QED) is 0.866. The number of hydroxylamine groups is 2. The molecule has 0 spiro atoms. The Kier molecular flexibility index (Phi) is 3.08. The predicted octanol–water partition coefficient (Wildman–Crippen LogP) is 3.20. The average molecular weight is 283 g/mol. The molecule has 4 nitrogen and oxygen atoms in total. The molecule has 2 aliphatic rings. The first kappa shape index (κ1) is 13.0. The first-order chi connectivity index (χ1) is 10.3. The van der Waals surface area contributed by atoms with Crippen molar-refractivity contribution < 1.29 is 4.84 Å². The van der Waals surface area contributed by atoms with Crippen LogP contribution in [0.15, 0.2) is 42.7 Å². The van der Waals surface area contributed by atoms with Gasteiger partial charge in [-0.3, -0.25) is 4.84 Å². The van der Waals surface area contributed by atoms with Crippen LogP contribution in [0.4, 0.5) is 0 Å². The highest BCUT2D eigenvalue weighted by molar-refractivity contribution is 5.17. The van der Waals surface area contributed by atoms with Gasteiger partial charge in [-0.1, -0.05) is 44.2 Å². The number of fused-ring (bicyclic) bond motifs is 3. The fourth-order valence-electron chi connectivity index (χ4n) is 3.91. The topological polar surface area (TPSA) is 30.3 Å². The third-order valence-corrected chi connectivity index (χ3v) is 4.74. The minimum atomic E-state index is 0.285. The van der Waals surface area contributed by atoms with Gasteiger partial charge in [0.2, 0.25) is 0 Å². The van der Waals surface area contributed by atoms with E-state index in [1.54, 1.807) is 0 Å². The van der Waals surface area contributed by atoms with Crippen molar-refractivity contribution in [3.05, 3.63) is 54.1 Å². The van der Waals surface area contributed by atoms with Gasteiger partial charge in [0.05, 0.1) is 6.61 Å². The molecule has 2 aromatic rings. The van der Waals surface area contributed by atoms with E-state index >= 15 is 0 Å². The molecule has 0 amide bonds. The molecule has 0 bridgehead atoms. The summed E-state index contributed by atoms with van der Waals surface area (Å²) in [7, 11) is 0. The zero-order valence-corrected chi connectivity index (χ0v) is 12.5. The third kappa shape index (κ3) is 2.01. The Bertz CT molecular complexity index is 622. The van der Waals surface area contributed by atoms with Crippen LogP contribution in [0.1, 0.15) is 37.3 Å². The maximum Gasteiger partial charge on any atom is 0.129 e. The lowest BCUT2D eigenvalue weighted by atomic mass is 9.89. The van der Waals surface area contributed by atoms with Gasteiger partial charge in [0, 0.05) is 30.9 Å². The van der Waals surface area contributed by atoms with Crippen molar-refractivity contribution in [3.63, 3.8) is 0 Å². The van der Waals surface area contributed by atoms with Crippen molar-refractivity contribution in [2.75, 3.05) is 6.61 Å². The summed E-state index contributed by atoms with van der Waals surface area (Å²) in [5.74, 6) is 2.26. The van der Waals surface area contributed by atoms with E-state index < -0.39 is 0 Å². The van der Waals surface area contributed by atoms with Gasteiger partial charge in [0.15, 0.2) is 0 Å². The van der Waals surface area contributed by atoms with Crippen molar-refractivity contribution >= 4 is 0 Å². The second-order valence-corrected chi connectivity index (χ2v) is 6.39. The van der Waals surface area contributed by atoms with Gasteiger partial charge in [0.1, 0.15) is 11.9 Å². The standard InChI is InChI=1S/C17H21N3O/c1-12(2)15-14-11-21-20(10-13-6-4-3-5-7-13)16(14)17-18-8-9-19(15)17/h3-9,12,14-16H,10-11H2,1-2H3/t14-,15-,16-/m0/s1. The molecule has 0 unspecified atom stereocenters. The van der Waals surface area contributed by atoms with E-state index in [-0.39, 0.29) is 6.04 Å². The lowest BCUT2D eigenvalue weighted by Gasteiger charge is -2.22. The van der Waals surface area contributed by atoms with Gasteiger partial charge in [-0.25, -0.2) is 4.98 Å². The third-order valence-electron chi connectivity index (χ3n) is 4.74. The zero-order valence-electron chi connectivity index (χ0n) is 12.5. The fraction of sp³-hybridized carbons (Fsp3) is 0.471. The zero-order chi connectivity index (χ0) is 14.4. The molecule has 1 aromatic heterocycles. The first-order valence-electron chi connectivity index (χ1n) is 7.72. The van der Waals surface area contributed by atoms with Gasteiger partial charge in [-0.2, -0.15) is 5.06 Å². The fourth-order valence-corrected chi connectivity index (χ4v) is 3.91. The molecule has 0 radical (unpaired) electrons. The van der Waals surface area contributed by atoms with Gasteiger partial charge >= 0.3 is 0 Å². The highest BCUT2D eigenvalue weighted by Crippen LogP contribution is 2.50. The summed E-state index contributed by atoms with van der Waals surface area (Å²) in [6.45, 7) is 6.19. The molecule has 4 heteroatoms. The molecule has 0 saturated carbocycles. The molecule has 0 N–H and O–H groups in total. The summed E-state index contributed by atoms with van der Waals surface area (Å²) >= 11 is 0. The van der Waals surface area contributed by atoms with Crippen molar-refractivity contribution in [2.45, 2.75) is 32.5 Å². The molecule has 21 heavy (non-hydrogen) atoms. The smallest absolute Gasteiger partial charge is 0.129 e. The van der Waals surface area contributed by atoms with Gasteiger partial charge < -0.3 is 4.57 Å². The van der Waals surface area contributed by atoms with Crippen LogP contribution in [0.5, 0.6) is 0 Å². The monoisotopic (exact) mass is 283 g/mol. The summed E-state index contributed by atoms with van der Waals surface area (Å²) in [5, 5.41) is 2.13. The second kappa shape index (κ2) is 4.97. The molecule has 0 aliphatic carbocycles. The summed E-state index contributed by atoms with van der Waals surface area (Å²) in [4.78, 5) is 10.6. The van der Waals surface area contributed by atoms with Crippen LogP contribution in [0.2, 0.25) is 0 Å². The van der Waals surface area contributed by atoms with Crippen LogP contribution < -0.4 is 0 Å². The van der Waals surface area contributed by atoms with E-state index in [0.717, 1.165) is 19.0 Å². The summed E-state index contributed by atoms with van der Waals surface area (Å²) in [5.41, 5.74) is 1.28. The maximum absolute atomic E-state index is 6.01. The molecule has 1 saturated heterocycles. The molecule has 1 fully saturated rings. The first-order valence-corrected chi connectivity index (χ1v) is 7.72. The number of hydrogen-bond acceptors (Lipinski definition) is 3. The maximum atomic E-state index is 6.01. The minimum Gasteiger partial charge on any atom is -0.330 e. The average Bonchev–Trinajstić information content (AvgIpc) is 3.12. The Balaban J connectivity index is 1.64. The van der Waals surface area contributed by atoms with E-state index in [2.05, 4.69) is 58.9 Å². The second-order valence-electron chi connectivity index (χ2n) is 6.39. The number of imidazole rings is 1. The Morgan fingerprint density at radius 3 is 2.86 bits per heavy atom. The van der Waals surface area contributed by atoms with Crippen molar-refractivity contribution in [1.82, 2.24) is 14.6 Å². The van der Waals surface area contributed by atoms with E-state index in [9.17, 15) is 0 Å². The summed E-state index contributed by atoms with van der Waals surface area (Å²) in [6, 6.07) is 11.3. The van der Waals surface area contributed by atoms with Crippen molar-refractivity contribution in [3.8, 4) is 0 Å². The summed E-state index contributed by atoms with van der Waals surface area (Å²) < 4.78 is 2.36. The van der Waals surface area contributed by atoms with Gasteiger partial charge in [0.25, 0.3) is 0 Å². The number of nitrogens with zero attached hydrogens (tertiary/aromatic N) is 3. The Hall–Kier alpha value is -1.65. The van der Waals surface area contributed by atoms with E-state index in [1.807, 2.05) is 12.3 Å². The van der Waals surface area contributed by atoms with Crippen LogP contribution in [0, 0.1) is 11.8 Å². The molecular formula is C17H21N3O. The minimum absolute atomic E-state index is 0.285. The molecular weight excluding hydrogens is 262 g/mol. The lowest BCUT2D eigenvalue weighted by Crippen LogP contribution is -2.23. The molecule has 3 atom stereocenters. The predicted molar refractivity (Wildman–Crippen MR) is 80.3 cm³/mol. The number of benzene rings is 1. The highest BCUT2D eigenvalue weighted by atomic mass is 16.7. The number of aromatic nitrogens is 2. The molecule has 4 rings (SSSR count). The van der Waals surface area contributed by atoms with Gasteiger partial charge in [-0.15, -0.1) is 0 Å². The SMILES string of the molecule is CC(C)[C@H]1[C@@H]2CON(Cc3ccccc3)[C@@H]2c2nccn21. The Morgan fingerprint density at radius 2 is 2.10 bits per heavy atom. The molecule has 3 heterocycles. The van der Waals surface area contributed by atoms with Gasteiger partial charge in [-0.05, 0) is 11.5 Å². The van der Waals surface area contributed by atoms with E-state index in [1.165, 1.54) is 5.56 Å². The van der Waals surface area contributed by atoms with Crippen LogP contribution in [0.3, 0.4) is 0 Å². The molecule has 110 valence electrons. The highest BCUT2D eigenvalue weighted by Gasteiger charge is 2.50. The van der Waals surface area contributed by atoms with E-state index in [4.69, 9.17) is 4.84 Å². The molecule has 1 aromatic carbocycles. The largest absolute Gasteiger partial charge is 0.330 e. The van der Waals surface area contributed by atoms with E-state index in [0.29, 0.717) is 17.9 Å². The van der Waals surface area contributed by atoms with Crippen LogP contribution in [-0.2, 0) is 11.4 Å². The summed E-state index contributed by atoms with van der Waals surface area (Å²) in [6.07, 6.45) is 4.04. The number of rotatable bonds is 3. The number of hydrogen-bond donors (Lipinski definition) is 0. The van der Waals surface area contributed by atoms with Crippen LogP contribution in [0.25, 0.3) is 0 Å².